The highest BCUT2D eigenvalue weighted by atomic mass is 16.4. The van der Waals surface area contributed by atoms with Crippen LogP contribution in [0.25, 0.3) is 0 Å². The molecule has 9 nitrogen and oxygen atoms in total. The molecular weight excluding hydrogens is 512 g/mol. The minimum Gasteiger partial charge on any atom is -0.480 e. The Morgan fingerprint density at radius 2 is 1.70 bits per heavy atom. The molecule has 0 aromatic carbocycles. The molecule has 0 spiro atoms. The van der Waals surface area contributed by atoms with Crippen LogP contribution in [0.1, 0.15) is 98.3 Å². The van der Waals surface area contributed by atoms with Crippen LogP contribution in [0.2, 0.25) is 0 Å². The van der Waals surface area contributed by atoms with Crippen molar-refractivity contribution >= 4 is 17.8 Å². The molecule has 6 N–H and O–H groups in total. The Balaban J connectivity index is 1.32. The highest BCUT2D eigenvalue weighted by molar-refractivity contribution is 5.82. The van der Waals surface area contributed by atoms with E-state index in [1.807, 2.05) is 0 Å². The largest absolute Gasteiger partial charge is 0.480 e. The summed E-state index contributed by atoms with van der Waals surface area (Å²) >= 11 is 0. The zero-order chi connectivity index (χ0) is 29.4. The first kappa shape index (κ1) is 31.2. The summed E-state index contributed by atoms with van der Waals surface area (Å²) in [5, 5.41) is 48.0. The van der Waals surface area contributed by atoms with E-state index in [-0.39, 0.29) is 58.9 Å². The summed E-state index contributed by atoms with van der Waals surface area (Å²) in [6.45, 7) is 8.40. The summed E-state index contributed by atoms with van der Waals surface area (Å²) in [7, 11) is 0. The lowest BCUT2D eigenvalue weighted by Crippen LogP contribution is -2.62. The second-order valence-electron chi connectivity index (χ2n) is 14.1. The van der Waals surface area contributed by atoms with Crippen molar-refractivity contribution in [1.29, 1.82) is 0 Å². The van der Waals surface area contributed by atoms with Crippen molar-refractivity contribution in [1.82, 2.24) is 10.6 Å². The molecule has 0 aromatic heterocycles. The summed E-state index contributed by atoms with van der Waals surface area (Å²) in [6, 6.07) is -0.951. The number of aliphatic hydroxyl groups is 3. The molecule has 0 bridgehead atoms. The number of carbonyl (C=O) groups excluding carboxylic acids is 2. The highest BCUT2D eigenvalue weighted by Crippen LogP contribution is 2.68. The van der Waals surface area contributed by atoms with E-state index in [0.29, 0.717) is 38.1 Å². The van der Waals surface area contributed by atoms with Crippen LogP contribution in [0.3, 0.4) is 0 Å². The van der Waals surface area contributed by atoms with E-state index in [4.69, 9.17) is 0 Å². The number of fused-ring (bicyclic) bond motifs is 5. The summed E-state index contributed by atoms with van der Waals surface area (Å²) in [5.74, 6) is -0.00155. The molecule has 4 aliphatic carbocycles. The number of rotatable bonds is 10. The number of hydrogen-bond donors (Lipinski definition) is 6. The van der Waals surface area contributed by atoms with Crippen LogP contribution >= 0.6 is 0 Å². The first-order chi connectivity index (χ1) is 18.8. The molecule has 0 heterocycles. The maximum atomic E-state index is 12.6. The minimum absolute atomic E-state index is 0.0554. The van der Waals surface area contributed by atoms with Gasteiger partial charge in [-0.25, -0.2) is 4.79 Å². The van der Waals surface area contributed by atoms with Gasteiger partial charge in [0.05, 0.1) is 18.3 Å². The Morgan fingerprint density at radius 3 is 2.38 bits per heavy atom. The van der Waals surface area contributed by atoms with Crippen LogP contribution in [-0.4, -0.2) is 69.1 Å². The predicted octanol–water partition coefficient (Wildman–Crippen LogP) is 2.85. The Bertz CT molecular complexity index is 945. The number of carboxylic acids is 1. The lowest BCUT2D eigenvalue weighted by molar-refractivity contribution is -0.207. The van der Waals surface area contributed by atoms with Crippen LogP contribution in [0.4, 0.5) is 0 Å². The smallest absolute Gasteiger partial charge is 0.326 e. The topological polar surface area (TPSA) is 156 Å². The second-order valence-corrected chi connectivity index (χ2v) is 14.1. The van der Waals surface area contributed by atoms with Crippen LogP contribution < -0.4 is 10.6 Å². The molecule has 4 fully saturated rings. The van der Waals surface area contributed by atoms with Crippen molar-refractivity contribution in [2.24, 2.45) is 46.3 Å². The molecule has 4 saturated carbocycles. The normalized spacial score (nSPS) is 42.1. The fraction of sp³-hybridized carbons (Fsp3) is 0.903. The van der Waals surface area contributed by atoms with E-state index in [2.05, 4.69) is 31.4 Å². The molecule has 40 heavy (non-hydrogen) atoms. The Kier molecular flexibility index (Phi) is 9.57. The van der Waals surface area contributed by atoms with Gasteiger partial charge >= 0.3 is 5.97 Å². The number of aliphatic hydroxyl groups excluding tert-OH is 3. The van der Waals surface area contributed by atoms with Gasteiger partial charge in [0.25, 0.3) is 0 Å². The minimum atomic E-state index is -1.08. The van der Waals surface area contributed by atoms with Gasteiger partial charge in [0.15, 0.2) is 0 Å². The molecule has 4 aliphatic rings. The summed E-state index contributed by atoms with van der Waals surface area (Å²) < 4.78 is 0. The predicted molar refractivity (Wildman–Crippen MR) is 150 cm³/mol. The lowest BCUT2D eigenvalue weighted by atomic mass is 9.43. The van der Waals surface area contributed by atoms with Gasteiger partial charge in [-0.15, -0.1) is 0 Å². The average Bonchev–Trinajstić information content (AvgIpc) is 3.24. The van der Waals surface area contributed by atoms with E-state index in [1.165, 1.54) is 6.92 Å². The van der Waals surface area contributed by atoms with Crippen LogP contribution in [0.15, 0.2) is 0 Å². The van der Waals surface area contributed by atoms with Crippen molar-refractivity contribution in [3.05, 3.63) is 0 Å². The number of amides is 2. The fourth-order valence-corrected chi connectivity index (χ4v) is 9.82. The van der Waals surface area contributed by atoms with Gasteiger partial charge in [-0.05, 0) is 111 Å². The molecular formula is C31H52N2O7. The van der Waals surface area contributed by atoms with Crippen LogP contribution in [0.5, 0.6) is 0 Å². The van der Waals surface area contributed by atoms with Crippen LogP contribution in [0, 0.1) is 46.3 Å². The zero-order valence-electron chi connectivity index (χ0n) is 24.8. The first-order valence-electron chi connectivity index (χ1n) is 15.6. The summed E-state index contributed by atoms with van der Waals surface area (Å²) in [5.41, 5.74) is -0.231. The van der Waals surface area contributed by atoms with Gasteiger partial charge in [-0.2, -0.15) is 0 Å². The fourth-order valence-electron chi connectivity index (χ4n) is 9.82. The Labute approximate surface area is 238 Å². The second kappa shape index (κ2) is 12.3. The number of carbonyl (C=O) groups is 3. The van der Waals surface area contributed by atoms with Crippen molar-refractivity contribution in [2.75, 3.05) is 6.54 Å². The van der Waals surface area contributed by atoms with Gasteiger partial charge in [0.2, 0.25) is 11.8 Å². The van der Waals surface area contributed by atoms with Gasteiger partial charge in [-0.3, -0.25) is 9.59 Å². The van der Waals surface area contributed by atoms with Gasteiger partial charge < -0.3 is 31.1 Å². The molecule has 0 unspecified atom stereocenters. The van der Waals surface area contributed by atoms with E-state index < -0.39 is 30.1 Å². The van der Waals surface area contributed by atoms with Crippen molar-refractivity contribution < 1.29 is 34.8 Å². The van der Waals surface area contributed by atoms with Crippen molar-refractivity contribution in [2.45, 2.75) is 123 Å². The maximum absolute atomic E-state index is 12.6. The SMILES string of the molecule is CC(=O)N[C@@H](CCCNC(=O)CC[C@@H](C)[C@H]1CC[C@H]2[C@@H]3[C@H](O)C[C@@H]4C[C@H](O)CC[C@]4(C)[C@H]3C[C@H](O)[C@]12C)C(=O)O. The quantitative estimate of drug-likeness (QED) is 0.223. The molecule has 0 aliphatic heterocycles. The van der Waals surface area contributed by atoms with Crippen LogP contribution in [-0.2, 0) is 14.4 Å². The molecule has 228 valence electrons. The zero-order valence-corrected chi connectivity index (χ0v) is 24.8. The first-order valence-corrected chi connectivity index (χ1v) is 15.6. The molecule has 12 atom stereocenters. The lowest BCUT2D eigenvalue weighted by Gasteiger charge is -2.63. The third-order valence-electron chi connectivity index (χ3n) is 12.0. The molecule has 0 aromatic rings. The molecule has 0 saturated heterocycles. The third-order valence-corrected chi connectivity index (χ3v) is 12.0. The van der Waals surface area contributed by atoms with E-state index >= 15 is 0 Å². The van der Waals surface area contributed by atoms with Gasteiger partial charge in [0.1, 0.15) is 6.04 Å². The van der Waals surface area contributed by atoms with Crippen molar-refractivity contribution in [3.8, 4) is 0 Å². The number of hydrogen-bond acceptors (Lipinski definition) is 6. The number of nitrogens with one attached hydrogen (secondary N) is 2. The van der Waals surface area contributed by atoms with E-state index in [9.17, 15) is 34.8 Å². The Morgan fingerprint density at radius 1 is 0.975 bits per heavy atom. The average molecular weight is 565 g/mol. The molecule has 4 rings (SSSR count). The maximum Gasteiger partial charge on any atom is 0.326 e. The van der Waals surface area contributed by atoms with Crippen molar-refractivity contribution in [3.63, 3.8) is 0 Å². The third kappa shape index (κ3) is 5.93. The van der Waals surface area contributed by atoms with E-state index in [1.54, 1.807) is 0 Å². The summed E-state index contributed by atoms with van der Waals surface area (Å²) in [4.78, 5) is 35.0. The summed E-state index contributed by atoms with van der Waals surface area (Å²) in [6.07, 6.45) is 6.65. The number of carboxylic acid groups (broad SMARTS) is 1. The number of aliphatic carboxylic acids is 1. The molecule has 9 heteroatoms. The monoisotopic (exact) mass is 564 g/mol. The Hall–Kier alpha value is -1.71. The van der Waals surface area contributed by atoms with Gasteiger partial charge in [-0.1, -0.05) is 20.8 Å². The van der Waals surface area contributed by atoms with E-state index in [0.717, 1.165) is 38.5 Å². The van der Waals surface area contributed by atoms with Gasteiger partial charge in [0, 0.05) is 19.9 Å². The molecule has 2 amide bonds. The molecule has 0 radical (unpaired) electrons. The standard InChI is InChI=1S/C31H52N2O7/c1-17(7-10-27(38)32-13-5-6-24(29(39)40)33-18(2)34)21-8-9-22-28-23(16-26(37)31(21,22)4)30(3)12-11-20(35)14-19(30)15-25(28)36/h17,19-26,28,35-37H,5-16H2,1-4H3,(H,32,38)(H,33,34)(H,39,40)/t17-,19+,20-,21-,22+,23+,24+,25-,26+,28+,30+,31-/m1/s1. The highest BCUT2D eigenvalue weighted by Gasteiger charge is 2.65.